The molecule has 1 N–H and O–H groups in total. The highest BCUT2D eigenvalue weighted by atomic mass is 19.1. The molecule has 2 rings (SSSR count). The van der Waals surface area contributed by atoms with E-state index >= 15 is 0 Å². The predicted molar refractivity (Wildman–Crippen MR) is 59.6 cm³/mol. The van der Waals surface area contributed by atoms with Crippen molar-refractivity contribution >= 4 is 5.91 Å². The van der Waals surface area contributed by atoms with E-state index in [0.717, 1.165) is 25.1 Å². The lowest BCUT2D eigenvalue weighted by Gasteiger charge is -2.27. The lowest BCUT2D eigenvalue weighted by Crippen LogP contribution is -2.48. The van der Waals surface area contributed by atoms with Crippen LogP contribution in [-0.2, 0) is 11.2 Å². The van der Waals surface area contributed by atoms with Crippen molar-refractivity contribution in [3.63, 3.8) is 0 Å². The van der Waals surface area contributed by atoms with Crippen molar-refractivity contribution in [2.75, 3.05) is 26.2 Å². The highest BCUT2D eigenvalue weighted by Crippen LogP contribution is 2.05. The Kier molecular flexibility index (Phi) is 3.51. The van der Waals surface area contributed by atoms with E-state index in [2.05, 4.69) is 5.32 Å². The summed E-state index contributed by atoms with van der Waals surface area (Å²) in [5.74, 6) is -0.0737. The molecule has 1 saturated heterocycles. The van der Waals surface area contributed by atoms with E-state index in [0.29, 0.717) is 13.1 Å². The van der Waals surface area contributed by atoms with Crippen LogP contribution in [0.3, 0.4) is 0 Å². The first kappa shape index (κ1) is 11.1. The van der Waals surface area contributed by atoms with E-state index in [1.54, 1.807) is 12.1 Å². The van der Waals surface area contributed by atoms with Crippen LogP contribution in [-0.4, -0.2) is 37.0 Å². The first-order valence-electron chi connectivity index (χ1n) is 5.48. The van der Waals surface area contributed by atoms with Crippen molar-refractivity contribution < 1.29 is 9.18 Å². The summed E-state index contributed by atoms with van der Waals surface area (Å²) in [6, 6.07) is 6.44. The zero-order valence-corrected chi connectivity index (χ0v) is 9.08. The molecule has 1 aromatic rings. The van der Waals surface area contributed by atoms with Gasteiger partial charge < -0.3 is 10.2 Å². The van der Waals surface area contributed by atoms with E-state index in [4.69, 9.17) is 0 Å². The van der Waals surface area contributed by atoms with Crippen LogP contribution in [0.2, 0.25) is 0 Å². The maximum Gasteiger partial charge on any atom is 0.236 e. The molecule has 0 unspecified atom stereocenters. The van der Waals surface area contributed by atoms with Crippen molar-refractivity contribution in [2.24, 2.45) is 0 Å². The molecule has 1 fully saturated rings. The second-order valence-electron chi connectivity index (χ2n) is 3.93. The molecule has 0 bridgehead atoms. The summed E-state index contributed by atoms with van der Waals surface area (Å²) in [6.07, 6.45) is 0.784. The van der Waals surface area contributed by atoms with Crippen molar-refractivity contribution in [3.05, 3.63) is 35.6 Å². The molecule has 0 saturated carbocycles. The number of halogens is 1. The molecule has 1 aliphatic heterocycles. The van der Waals surface area contributed by atoms with Gasteiger partial charge in [0.05, 0.1) is 6.54 Å². The summed E-state index contributed by atoms with van der Waals surface area (Å²) in [5.41, 5.74) is 1.06. The van der Waals surface area contributed by atoms with E-state index in [9.17, 15) is 9.18 Å². The lowest BCUT2D eigenvalue weighted by molar-refractivity contribution is -0.131. The van der Waals surface area contributed by atoms with E-state index < -0.39 is 0 Å². The third-order valence-electron chi connectivity index (χ3n) is 2.77. The number of nitrogens with one attached hydrogen (secondary N) is 1. The average molecular weight is 222 g/mol. The molecule has 1 amide bonds. The van der Waals surface area contributed by atoms with Crippen LogP contribution in [0.5, 0.6) is 0 Å². The van der Waals surface area contributed by atoms with Gasteiger partial charge in [-0.3, -0.25) is 4.79 Å². The topological polar surface area (TPSA) is 32.3 Å². The minimum Gasteiger partial charge on any atom is -0.340 e. The molecule has 4 heteroatoms. The van der Waals surface area contributed by atoms with Gasteiger partial charge in [-0.2, -0.15) is 0 Å². The van der Waals surface area contributed by atoms with Crippen LogP contribution < -0.4 is 5.32 Å². The van der Waals surface area contributed by atoms with Crippen LogP contribution in [0.1, 0.15) is 5.56 Å². The monoisotopic (exact) mass is 222 g/mol. The number of hydrogen-bond donors (Lipinski definition) is 1. The number of nitrogens with zero attached hydrogens (tertiary/aromatic N) is 1. The second-order valence-corrected chi connectivity index (χ2v) is 3.93. The summed E-state index contributed by atoms with van der Waals surface area (Å²) in [7, 11) is 0. The maximum absolute atomic E-state index is 12.7. The van der Waals surface area contributed by atoms with Crippen molar-refractivity contribution in [1.29, 1.82) is 0 Å². The molecule has 1 aromatic carbocycles. The molecular formula is C12H15FN2O. The quantitative estimate of drug-likeness (QED) is 0.820. The van der Waals surface area contributed by atoms with Crippen molar-refractivity contribution in [2.45, 2.75) is 6.42 Å². The number of amides is 1. The van der Waals surface area contributed by atoms with E-state index in [1.165, 1.54) is 12.1 Å². The molecule has 0 spiro atoms. The minimum absolute atomic E-state index is 0.147. The van der Waals surface area contributed by atoms with E-state index in [1.807, 2.05) is 4.90 Å². The van der Waals surface area contributed by atoms with Gasteiger partial charge in [0.1, 0.15) is 5.82 Å². The smallest absolute Gasteiger partial charge is 0.236 e. The van der Waals surface area contributed by atoms with Gasteiger partial charge in [-0.05, 0) is 24.1 Å². The largest absolute Gasteiger partial charge is 0.340 e. The third kappa shape index (κ3) is 2.79. The van der Waals surface area contributed by atoms with Crippen LogP contribution in [0.15, 0.2) is 24.3 Å². The van der Waals surface area contributed by atoms with Crippen molar-refractivity contribution in [1.82, 2.24) is 10.2 Å². The van der Waals surface area contributed by atoms with Gasteiger partial charge in [0.2, 0.25) is 5.91 Å². The Balaban J connectivity index is 1.86. The van der Waals surface area contributed by atoms with Gasteiger partial charge in [0, 0.05) is 19.6 Å². The molecule has 1 aliphatic rings. The number of carbonyl (C=O) groups excluding carboxylic acids is 1. The molecule has 86 valence electrons. The SMILES string of the molecule is O=C1CNCCN1CCc1ccc(F)cc1. The molecule has 1 heterocycles. The average Bonchev–Trinajstić information content (AvgIpc) is 2.30. The second kappa shape index (κ2) is 5.07. The van der Waals surface area contributed by atoms with Gasteiger partial charge in [-0.15, -0.1) is 0 Å². The zero-order valence-electron chi connectivity index (χ0n) is 9.08. The molecule has 0 atom stereocenters. The summed E-state index contributed by atoms with van der Waals surface area (Å²) in [6.45, 7) is 2.77. The molecule has 0 aromatic heterocycles. The molecule has 0 radical (unpaired) electrons. The normalized spacial score (nSPS) is 16.6. The summed E-state index contributed by atoms with van der Waals surface area (Å²) < 4.78 is 12.7. The fourth-order valence-corrected chi connectivity index (χ4v) is 1.80. The third-order valence-corrected chi connectivity index (χ3v) is 2.77. The molecule has 16 heavy (non-hydrogen) atoms. The predicted octanol–water partition coefficient (Wildman–Crippen LogP) is 0.800. The standard InChI is InChI=1S/C12H15FN2O/c13-11-3-1-10(2-4-11)5-7-15-8-6-14-9-12(15)16/h1-4,14H,5-9H2. The number of piperazine rings is 1. The Hall–Kier alpha value is -1.42. The van der Waals surface area contributed by atoms with Crippen LogP contribution >= 0.6 is 0 Å². The molecule has 3 nitrogen and oxygen atoms in total. The first-order chi connectivity index (χ1) is 7.75. The number of benzene rings is 1. The lowest BCUT2D eigenvalue weighted by atomic mass is 10.1. The Bertz CT molecular complexity index is 364. The summed E-state index contributed by atoms with van der Waals surface area (Å²) in [5, 5.41) is 3.03. The van der Waals surface area contributed by atoms with Crippen LogP contribution in [0, 0.1) is 5.82 Å². The summed E-state index contributed by atoms with van der Waals surface area (Å²) >= 11 is 0. The zero-order chi connectivity index (χ0) is 11.4. The number of carbonyl (C=O) groups is 1. The van der Waals surface area contributed by atoms with Gasteiger partial charge >= 0.3 is 0 Å². The fraction of sp³-hybridized carbons (Fsp3) is 0.417. The van der Waals surface area contributed by atoms with Gasteiger partial charge in [0.25, 0.3) is 0 Å². The van der Waals surface area contributed by atoms with Crippen LogP contribution in [0.4, 0.5) is 4.39 Å². The van der Waals surface area contributed by atoms with Gasteiger partial charge in [-0.1, -0.05) is 12.1 Å². The molecule has 0 aliphatic carbocycles. The number of rotatable bonds is 3. The fourth-order valence-electron chi connectivity index (χ4n) is 1.80. The van der Waals surface area contributed by atoms with Crippen LogP contribution in [0.25, 0.3) is 0 Å². The Labute approximate surface area is 94.3 Å². The van der Waals surface area contributed by atoms with E-state index in [-0.39, 0.29) is 11.7 Å². The maximum atomic E-state index is 12.7. The highest BCUT2D eigenvalue weighted by molar-refractivity contribution is 5.78. The van der Waals surface area contributed by atoms with Gasteiger partial charge in [-0.25, -0.2) is 4.39 Å². The number of hydrogen-bond acceptors (Lipinski definition) is 2. The Morgan fingerprint density at radius 2 is 2.06 bits per heavy atom. The minimum atomic E-state index is -0.220. The Morgan fingerprint density at radius 3 is 2.75 bits per heavy atom. The summed E-state index contributed by atoms with van der Waals surface area (Å²) in [4.78, 5) is 13.3. The van der Waals surface area contributed by atoms with Crippen molar-refractivity contribution in [3.8, 4) is 0 Å². The highest BCUT2D eigenvalue weighted by Gasteiger charge is 2.16. The molecular weight excluding hydrogens is 207 g/mol. The Morgan fingerprint density at radius 1 is 1.31 bits per heavy atom. The van der Waals surface area contributed by atoms with Gasteiger partial charge in [0.15, 0.2) is 0 Å². The first-order valence-corrected chi connectivity index (χ1v) is 5.48.